The monoisotopic (exact) mass is 337 g/mol. The van der Waals surface area contributed by atoms with E-state index in [1.165, 1.54) is 24.0 Å². The Hall–Kier alpha value is -2.04. The van der Waals surface area contributed by atoms with Crippen LogP contribution in [-0.2, 0) is 4.79 Å². The average molecular weight is 338 g/mol. The standard InChI is InChI=1S/C16H13Cl2NO3/c1-10(16(21)22)19(12-7-8-13(17)14(18)9-12)15(20)11-5-3-2-4-6-11/h2-10H,1H3,(H,21,22). The fourth-order valence-corrected chi connectivity index (χ4v) is 2.27. The molecule has 0 radical (unpaired) electrons. The van der Waals surface area contributed by atoms with Crippen LogP contribution >= 0.6 is 23.2 Å². The Balaban J connectivity index is 2.49. The first-order chi connectivity index (χ1) is 10.4. The van der Waals surface area contributed by atoms with Gasteiger partial charge in [-0.25, -0.2) is 4.79 Å². The van der Waals surface area contributed by atoms with E-state index in [2.05, 4.69) is 0 Å². The molecular weight excluding hydrogens is 325 g/mol. The summed E-state index contributed by atoms with van der Waals surface area (Å²) in [5, 5.41) is 9.87. The van der Waals surface area contributed by atoms with E-state index in [1.54, 1.807) is 36.4 Å². The van der Waals surface area contributed by atoms with Gasteiger partial charge in [0.2, 0.25) is 0 Å². The van der Waals surface area contributed by atoms with Gasteiger partial charge < -0.3 is 5.11 Å². The number of hydrogen-bond donors (Lipinski definition) is 1. The number of halogens is 2. The topological polar surface area (TPSA) is 57.6 Å². The number of hydrogen-bond acceptors (Lipinski definition) is 2. The Labute approximate surface area is 137 Å². The minimum absolute atomic E-state index is 0.252. The van der Waals surface area contributed by atoms with E-state index >= 15 is 0 Å². The molecule has 2 aromatic carbocycles. The molecule has 6 heteroatoms. The highest BCUT2D eigenvalue weighted by molar-refractivity contribution is 6.42. The summed E-state index contributed by atoms with van der Waals surface area (Å²) in [6.45, 7) is 1.44. The molecule has 1 unspecified atom stereocenters. The zero-order valence-corrected chi connectivity index (χ0v) is 13.2. The van der Waals surface area contributed by atoms with Crippen molar-refractivity contribution in [3.63, 3.8) is 0 Å². The predicted molar refractivity (Wildman–Crippen MR) is 86.8 cm³/mol. The molecule has 0 saturated carbocycles. The third kappa shape index (κ3) is 3.40. The Morgan fingerprint density at radius 1 is 1.05 bits per heavy atom. The predicted octanol–water partition coefficient (Wildman–Crippen LogP) is 4.11. The summed E-state index contributed by atoms with van der Waals surface area (Å²) in [6, 6.07) is 12.0. The fourth-order valence-electron chi connectivity index (χ4n) is 1.98. The Kier molecular flexibility index (Phi) is 5.06. The maximum atomic E-state index is 12.7. The summed E-state index contributed by atoms with van der Waals surface area (Å²) in [7, 11) is 0. The Bertz CT molecular complexity index is 704. The number of carbonyl (C=O) groups excluding carboxylic acids is 1. The molecule has 0 aromatic heterocycles. The van der Waals surface area contributed by atoms with Crippen molar-refractivity contribution >= 4 is 40.8 Å². The van der Waals surface area contributed by atoms with E-state index in [0.717, 1.165) is 0 Å². The SMILES string of the molecule is CC(C(=O)O)N(C(=O)c1ccccc1)c1ccc(Cl)c(Cl)c1. The van der Waals surface area contributed by atoms with Gasteiger partial charge in [-0.15, -0.1) is 0 Å². The lowest BCUT2D eigenvalue weighted by Gasteiger charge is -2.27. The van der Waals surface area contributed by atoms with Crippen molar-refractivity contribution in [1.29, 1.82) is 0 Å². The largest absolute Gasteiger partial charge is 0.480 e. The number of carboxylic acids is 1. The second-order valence-corrected chi connectivity index (χ2v) is 5.47. The summed E-state index contributed by atoms with van der Waals surface area (Å²) in [6.07, 6.45) is 0. The van der Waals surface area contributed by atoms with Gasteiger partial charge in [-0.3, -0.25) is 9.69 Å². The first-order valence-electron chi connectivity index (χ1n) is 6.48. The van der Waals surface area contributed by atoms with E-state index in [0.29, 0.717) is 16.3 Å². The third-order valence-electron chi connectivity index (χ3n) is 3.17. The Morgan fingerprint density at radius 2 is 1.68 bits per heavy atom. The highest BCUT2D eigenvalue weighted by Crippen LogP contribution is 2.29. The molecule has 2 aromatic rings. The van der Waals surface area contributed by atoms with E-state index in [9.17, 15) is 14.7 Å². The molecule has 1 amide bonds. The molecule has 0 fully saturated rings. The number of nitrogens with zero attached hydrogens (tertiary/aromatic N) is 1. The van der Waals surface area contributed by atoms with Gasteiger partial charge in [0.25, 0.3) is 5.91 Å². The van der Waals surface area contributed by atoms with Crippen LogP contribution in [0.3, 0.4) is 0 Å². The number of rotatable bonds is 4. The van der Waals surface area contributed by atoms with Gasteiger partial charge in [-0.1, -0.05) is 41.4 Å². The van der Waals surface area contributed by atoms with E-state index in [4.69, 9.17) is 23.2 Å². The van der Waals surface area contributed by atoms with Crippen LogP contribution in [0.5, 0.6) is 0 Å². The zero-order chi connectivity index (χ0) is 16.3. The van der Waals surface area contributed by atoms with E-state index in [1.807, 2.05) is 0 Å². The minimum Gasteiger partial charge on any atom is -0.480 e. The zero-order valence-electron chi connectivity index (χ0n) is 11.7. The highest BCUT2D eigenvalue weighted by Gasteiger charge is 2.28. The molecule has 0 aliphatic carbocycles. The second-order valence-electron chi connectivity index (χ2n) is 4.65. The van der Waals surface area contributed by atoms with Crippen LogP contribution in [0.1, 0.15) is 17.3 Å². The molecule has 0 bridgehead atoms. The molecule has 0 heterocycles. The lowest BCUT2D eigenvalue weighted by molar-refractivity contribution is -0.138. The van der Waals surface area contributed by atoms with E-state index in [-0.39, 0.29) is 5.02 Å². The van der Waals surface area contributed by atoms with Crippen LogP contribution in [0, 0.1) is 0 Å². The maximum Gasteiger partial charge on any atom is 0.326 e. The van der Waals surface area contributed by atoms with Crippen LogP contribution in [-0.4, -0.2) is 23.0 Å². The number of carboxylic acid groups (broad SMARTS) is 1. The molecule has 114 valence electrons. The number of aliphatic carboxylic acids is 1. The number of amides is 1. The number of benzene rings is 2. The quantitative estimate of drug-likeness (QED) is 0.913. The molecule has 0 spiro atoms. The third-order valence-corrected chi connectivity index (χ3v) is 3.90. The summed E-state index contributed by atoms with van der Waals surface area (Å²) in [5.41, 5.74) is 0.764. The molecule has 0 aliphatic rings. The van der Waals surface area contributed by atoms with Gasteiger partial charge in [0.15, 0.2) is 0 Å². The first kappa shape index (κ1) is 16.3. The molecule has 4 nitrogen and oxygen atoms in total. The molecule has 0 aliphatic heterocycles. The second kappa shape index (κ2) is 6.81. The van der Waals surface area contributed by atoms with Crippen LogP contribution in [0.2, 0.25) is 10.0 Å². The van der Waals surface area contributed by atoms with Gasteiger partial charge in [0.1, 0.15) is 6.04 Å². The fraction of sp³-hybridized carbons (Fsp3) is 0.125. The first-order valence-corrected chi connectivity index (χ1v) is 7.24. The van der Waals surface area contributed by atoms with Crippen molar-refractivity contribution in [3.05, 3.63) is 64.1 Å². The summed E-state index contributed by atoms with van der Waals surface area (Å²) < 4.78 is 0. The number of anilines is 1. The van der Waals surface area contributed by atoms with E-state index < -0.39 is 17.9 Å². The van der Waals surface area contributed by atoms with Gasteiger partial charge in [0, 0.05) is 11.3 Å². The van der Waals surface area contributed by atoms with Crippen molar-refractivity contribution in [1.82, 2.24) is 0 Å². The van der Waals surface area contributed by atoms with Crippen molar-refractivity contribution in [2.24, 2.45) is 0 Å². The number of carbonyl (C=O) groups is 2. The molecule has 1 atom stereocenters. The summed E-state index contributed by atoms with van der Waals surface area (Å²) in [5.74, 6) is -1.54. The summed E-state index contributed by atoms with van der Waals surface area (Å²) >= 11 is 11.8. The lowest BCUT2D eigenvalue weighted by Crippen LogP contribution is -2.43. The van der Waals surface area contributed by atoms with Crippen molar-refractivity contribution in [3.8, 4) is 0 Å². The smallest absolute Gasteiger partial charge is 0.326 e. The van der Waals surface area contributed by atoms with Crippen LogP contribution in [0.25, 0.3) is 0 Å². The minimum atomic E-state index is -1.12. The van der Waals surface area contributed by atoms with Crippen molar-refractivity contribution in [2.45, 2.75) is 13.0 Å². The lowest BCUT2D eigenvalue weighted by atomic mass is 10.1. The summed E-state index contributed by atoms with van der Waals surface area (Å²) in [4.78, 5) is 25.2. The van der Waals surface area contributed by atoms with Crippen LogP contribution in [0.4, 0.5) is 5.69 Å². The molecular formula is C16H13Cl2NO3. The van der Waals surface area contributed by atoms with Crippen LogP contribution in [0.15, 0.2) is 48.5 Å². The van der Waals surface area contributed by atoms with Gasteiger partial charge in [-0.05, 0) is 37.3 Å². The molecule has 1 N–H and O–H groups in total. The maximum absolute atomic E-state index is 12.7. The molecule has 22 heavy (non-hydrogen) atoms. The van der Waals surface area contributed by atoms with Crippen molar-refractivity contribution in [2.75, 3.05) is 4.90 Å². The molecule has 0 saturated heterocycles. The van der Waals surface area contributed by atoms with Crippen molar-refractivity contribution < 1.29 is 14.7 Å². The normalized spacial score (nSPS) is 11.8. The van der Waals surface area contributed by atoms with Crippen LogP contribution < -0.4 is 4.90 Å². The van der Waals surface area contributed by atoms with Gasteiger partial charge in [-0.2, -0.15) is 0 Å². The highest BCUT2D eigenvalue weighted by atomic mass is 35.5. The Morgan fingerprint density at radius 3 is 2.23 bits per heavy atom. The van der Waals surface area contributed by atoms with Gasteiger partial charge >= 0.3 is 5.97 Å². The van der Waals surface area contributed by atoms with Gasteiger partial charge in [0.05, 0.1) is 10.0 Å². The molecule has 2 rings (SSSR count). The average Bonchev–Trinajstić information content (AvgIpc) is 2.51.